The van der Waals surface area contributed by atoms with Gasteiger partial charge in [0.25, 0.3) is 10.0 Å². The number of ether oxygens (including phenoxy) is 1. The lowest BCUT2D eigenvalue weighted by Crippen LogP contribution is -2.16. The van der Waals surface area contributed by atoms with Crippen LogP contribution in [-0.2, 0) is 21.2 Å². The predicted octanol–water partition coefficient (Wildman–Crippen LogP) is 4.81. The number of hydrogen-bond donors (Lipinski definition) is 3. The summed E-state index contributed by atoms with van der Waals surface area (Å²) >= 11 is 5.90. The van der Waals surface area contributed by atoms with Crippen LogP contribution >= 0.6 is 11.6 Å². The molecule has 0 radical (unpaired) electrons. The van der Waals surface area contributed by atoms with Gasteiger partial charge in [-0.1, -0.05) is 29.8 Å². The molecule has 0 bridgehead atoms. The van der Waals surface area contributed by atoms with Crippen LogP contribution in [-0.4, -0.2) is 25.5 Å². The second-order valence-electron chi connectivity index (χ2n) is 7.33. The molecule has 1 amide bonds. The quantitative estimate of drug-likeness (QED) is 0.406. The van der Waals surface area contributed by atoms with Crippen molar-refractivity contribution in [1.82, 2.24) is 0 Å². The maximum absolute atomic E-state index is 12.7. The summed E-state index contributed by atoms with van der Waals surface area (Å²) in [6.45, 7) is 3.81. The van der Waals surface area contributed by atoms with Crippen LogP contribution in [0.1, 0.15) is 19.4 Å². The number of hydrogen-bond acceptors (Lipinski definition) is 5. The molecule has 0 aromatic heterocycles. The first-order chi connectivity index (χ1) is 15.1. The summed E-state index contributed by atoms with van der Waals surface area (Å²) in [6.07, 6.45) is 0.0215. The Labute approximate surface area is 192 Å². The number of halogens is 1. The number of nitrogens with one attached hydrogen (secondary N) is 2. The standard InChI is InChI=1S/C23H23ClN2O5S/c1-15(2)31-19-8-3-5-16(11-19)12-23(28)25-21-14-20(9-10-22(21)27)32(29,30)26-18-7-4-6-17(24)13-18/h3-11,13-15,26-27H,12H2,1-2H3,(H,25,28). The average Bonchev–Trinajstić information content (AvgIpc) is 2.69. The molecule has 32 heavy (non-hydrogen) atoms. The van der Waals surface area contributed by atoms with Crippen molar-refractivity contribution in [3.63, 3.8) is 0 Å². The van der Waals surface area contributed by atoms with E-state index in [1.165, 1.54) is 24.3 Å². The summed E-state index contributed by atoms with van der Waals surface area (Å²) in [4.78, 5) is 12.4. The summed E-state index contributed by atoms with van der Waals surface area (Å²) in [5, 5.41) is 13.1. The van der Waals surface area contributed by atoms with Gasteiger partial charge in [-0.2, -0.15) is 0 Å². The molecule has 0 spiro atoms. The molecule has 0 unspecified atom stereocenters. The molecule has 0 saturated carbocycles. The summed E-state index contributed by atoms with van der Waals surface area (Å²) in [5.41, 5.74) is 0.991. The number of phenolic OH excluding ortho intramolecular Hbond substituents is 1. The topological polar surface area (TPSA) is 105 Å². The first kappa shape index (κ1) is 23.4. The Morgan fingerprint density at radius 3 is 2.53 bits per heavy atom. The third-order valence-corrected chi connectivity index (χ3v) is 5.88. The molecule has 0 heterocycles. The van der Waals surface area contributed by atoms with Crippen molar-refractivity contribution in [2.45, 2.75) is 31.3 Å². The van der Waals surface area contributed by atoms with E-state index in [1.807, 2.05) is 13.8 Å². The van der Waals surface area contributed by atoms with Crippen LogP contribution in [0.5, 0.6) is 11.5 Å². The van der Waals surface area contributed by atoms with E-state index in [0.717, 1.165) is 0 Å². The highest BCUT2D eigenvalue weighted by atomic mass is 35.5. The lowest BCUT2D eigenvalue weighted by Gasteiger charge is -2.13. The minimum absolute atomic E-state index is 0.00114. The Morgan fingerprint density at radius 1 is 1.06 bits per heavy atom. The van der Waals surface area contributed by atoms with Gasteiger partial charge in [-0.05, 0) is 67.9 Å². The summed E-state index contributed by atoms with van der Waals surface area (Å²) in [5.74, 6) is -0.0235. The van der Waals surface area contributed by atoms with Crippen LogP contribution in [0, 0.1) is 0 Å². The molecule has 0 aliphatic rings. The molecule has 0 aliphatic carbocycles. The van der Waals surface area contributed by atoms with E-state index in [4.69, 9.17) is 16.3 Å². The highest BCUT2D eigenvalue weighted by molar-refractivity contribution is 7.92. The summed E-state index contributed by atoms with van der Waals surface area (Å²) in [6, 6.07) is 17.0. The largest absolute Gasteiger partial charge is 0.506 e. The van der Waals surface area contributed by atoms with Crippen LogP contribution in [0.15, 0.2) is 71.6 Å². The van der Waals surface area contributed by atoms with Gasteiger partial charge in [0.05, 0.1) is 28.8 Å². The number of phenols is 1. The Hall–Kier alpha value is -3.23. The van der Waals surface area contributed by atoms with Crippen LogP contribution < -0.4 is 14.8 Å². The number of amides is 1. The van der Waals surface area contributed by atoms with Crippen LogP contribution in [0.4, 0.5) is 11.4 Å². The fraction of sp³-hybridized carbons (Fsp3) is 0.174. The molecule has 0 aliphatic heterocycles. The zero-order valence-electron chi connectivity index (χ0n) is 17.5. The molecule has 3 aromatic carbocycles. The number of sulfonamides is 1. The van der Waals surface area contributed by atoms with Gasteiger partial charge < -0.3 is 15.2 Å². The Bertz CT molecular complexity index is 1230. The number of carbonyl (C=O) groups excluding carboxylic acids is 1. The SMILES string of the molecule is CC(C)Oc1cccc(CC(=O)Nc2cc(S(=O)(=O)Nc3cccc(Cl)c3)ccc2O)c1. The predicted molar refractivity (Wildman–Crippen MR) is 125 cm³/mol. The second kappa shape index (κ2) is 9.93. The van der Waals surface area contributed by atoms with Crippen molar-refractivity contribution in [2.75, 3.05) is 10.0 Å². The zero-order valence-corrected chi connectivity index (χ0v) is 19.1. The number of aromatic hydroxyl groups is 1. The molecule has 3 N–H and O–H groups in total. The van der Waals surface area contributed by atoms with Crippen LogP contribution in [0.3, 0.4) is 0 Å². The maximum Gasteiger partial charge on any atom is 0.261 e. The number of carbonyl (C=O) groups is 1. The number of benzene rings is 3. The van der Waals surface area contributed by atoms with Gasteiger partial charge in [-0.15, -0.1) is 0 Å². The number of anilines is 2. The molecule has 0 saturated heterocycles. The van der Waals surface area contributed by atoms with Crippen LogP contribution in [0.2, 0.25) is 5.02 Å². The smallest absolute Gasteiger partial charge is 0.261 e. The highest BCUT2D eigenvalue weighted by Gasteiger charge is 2.18. The minimum Gasteiger partial charge on any atom is -0.506 e. The van der Waals surface area contributed by atoms with E-state index in [2.05, 4.69) is 10.0 Å². The van der Waals surface area contributed by atoms with Gasteiger partial charge >= 0.3 is 0 Å². The van der Waals surface area contributed by atoms with Crippen molar-refractivity contribution in [1.29, 1.82) is 0 Å². The normalized spacial score (nSPS) is 11.2. The zero-order chi connectivity index (χ0) is 23.3. The van der Waals surface area contributed by atoms with Crippen LogP contribution in [0.25, 0.3) is 0 Å². The second-order valence-corrected chi connectivity index (χ2v) is 9.45. The maximum atomic E-state index is 12.7. The monoisotopic (exact) mass is 474 g/mol. The molecule has 7 nitrogen and oxygen atoms in total. The van der Waals surface area contributed by atoms with E-state index in [-0.39, 0.29) is 28.9 Å². The van der Waals surface area contributed by atoms with Gasteiger partial charge in [0.1, 0.15) is 11.5 Å². The third-order valence-electron chi connectivity index (χ3n) is 4.26. The van der Waals surface area contributed by atoms with Crippen molar-refractivity contribution in [3.8, 4) is 11.5 Å². The van der Waals surface area contributed by atoms with Gasteiger partial charge in [0.15, 0.2) is 0 Å². The fourth-order valence-corrected chi connectivity index (χ4v) is 4.19. The van der Waals surface area contributed by atoms with E-state index < -0.39 is 15.9 Å². The number of rotatable bonds is 8. The molecule has 3 rings (SSSR count). The molecule has 0 fully saturated rings. The summed E-state index contributed by atoms with van der Waals surface area (Å²) < 4.78 is 33.5. The van der Waals surface area contributed by atoms with Crippen molar-refractivity contribution >= 4 is 38.9 Å². The molecule has 0 atom stereocenters. The first-order valence-corrected chi connectivity index (χ1v) is 11.7. The van der Waals surface area contributed by atoms with Crippen molar-refractivity contribution < 1.29 is 23.1 Å². The highest BCUT2D eigenvalue weighted by Crippen LogP contribution is 2.28. The fourth-order valence-electron chi connectivity index (χ4n) is 2.93. The van der Waals surface area contributed by atoms with Gasteiger partial charge in [-0.3, -0.25) is 9.52 Å². The van der Waals surface area contributed by atoms with Gasteiger partial charge in [0.2, 0.25) is 5.91 Å². The van der Waals surface area contributed by atoms with E-state index in [1.54, 1.807) is 42.5 Å². The Balaban J connectivity index is 1.75. The molecule has 168 valence electrons. The van der Waals surface area contributed by atoms with Crippen molar-refractivity contribution in [3.05, 3.63) is 77.3 Å². The first-order valence-electron chi connectivity index (χ1n) is 9.79. The van der Waals surface area contributed by atoms with E-state index in [0.29, 0.717) is 22.0 Å². The Kier molecular flexibility index (Phi) is 7.27. The van der Waals surface area contributed by atoms with Gasteiger partial charge in [0, 0.05) is 5.02 Å². The third kappa shape index (κ3) is 6.38. The average molecular weight is 475 g/mol. The molecule has 3 aromatic rings. The molecular weight excluding hydrogens is 452 g/mol. The van der Waals surface area contributed by atoms with Gasteiger partial charge in [-0.25, -0.2) is 8.42 Å². The lowest BCUT2D eigenvalue weighted by molar-refractivity contribution is -0.115. The molecule has 9 heteroatoms. The van der Waals surface area contributed by atoms with Crippen molar-refractivity contribution in [2.24, 2.45) is 0 Å². The minimum atomic E-state index is -3.97. The van der Waals surface area contributed by atoms with E-state index >= 15 is 0 Å². The Morgan fingerprint density at radius 2 is 1.81 bits per heavy atom. The van der Waals surface area contributed by atoms with E-state index in [9.17, 15) is 18.3 Å². The molecular formula is C23H23ClN2O5S. The lowest BCUT2D eigenvalue weighted by atomic mass is 10.1. The summed E-state index contributed by atoms with van der Waals surface area (Å²) in [7, 11) is -3.97.